The quantitative estimate of drug-likeness (QED) is 0.585. The maximum absolute atomic E-state index is 10.1. The molecular weight excluding hydrogens is 372 g/mol. The van der Waals surface area contributed by atoms with Crippen LogP contribution in [0.3, 0.4) is 0 Å². The first-order valence-electron chi connectivity index (χ1n) is 10.8. The number of nitrogens with zero attached hydrogens (tertiary/aromatic N) is 2. The van der Waals surface area contributed by atoms with Crippen molar-refractivity contribution in [1.29, 1.82) is 0 Å². The van der Waals surface area contributed by atoms with Gasteiger partial charge in [-0.1, -0.05) is 36.4 Å². The van der Waals surface area contributed by atoms with Crippen LogP contribution in [0.1, 0.15) is 30.1 Å². The van der Waals surface area contributed by atoms with E-state index in [-0.39, 0.29) is 11.9 Å². The van der Waals surface area contributed by atoms with Crippen molar-refractivity contribution in [2.75, 3.05) is 13.1 Å². The molecule has 4 nitrogen and oxygen atoms in total. The van der Waals surface area contributed by atoms with E-state index in [0.717, 1.165) is 36.0 Å². The third kappa shape index (κ3) is 3.62. The summed E-state index contributed by atoms with van der Waals surface area (Å²) >= 11 is 0. The number of phenols is 1. The average Bonchev–Trinajstić information content (AvgIpc) is 2.80. The van der Waals surface area contributed by atoms with Gasteiger partial charge in [0.1, 0.15) is 5.75 Å². The minimum Gasteiger partial charge on any atom is -0.508 e. The summed E-state index contributed by atoms with van der Waals surface area (Å²) in [5.41, 5.74) is 3.17. The molecule has 4 heterocycles. The molecule has 1 unspecified atom stereocenters. The first-order valence-corrected chi connectivity index (χ1v) is 10.8. The smallest absolute Gasteiger partial charge is 0.116 e. The van der Waals surface area contributed by atoms with Crippen molar-refractivity contribution in [2.45, 2.75) is 31.6 Å². The van der Waals surface area contributed by atoms with Crippen molar-refractivity contribution >= 4 is 10.9 Å². The third-order valence-corrected chi connectivity index (χ3v) is 6.84. The molecule has 1 N–H and O–H groups in total. The van der Waals surface area contributed by atoms with Gasteiger partial charge in [-0.3, -0.25) is 9.88 Å². The minimum atomic E-state index is -0.0777. The number of ether oxygens (including phenoxy) is 1. The van der Waals surface area contributed by atoms with Crippen LogP contribution in [-0.2, 0) is 11.3 Å². The Hall–Kier alpha value is -2.69. The number of hydrogen-bond donors (Lipinski definition) is 1. The Morgan fingerprint density at radius 1 is 1.20 bits per heavy atom. The summed E-state index contributed by atoms with van der Waals surface area (Å²) in [7, 11) is 0. The van der Waals surface area contributed by atoms with E-state index in [1.165, 1.54) is 12.0 Å². The Kier molecular flexibility index (Phi) is 5.28. The second-order valence-electron chi connectivity index (χ2n) is 8.57. The first-order chi connectivity index (χ1) is 14.7. The van der Waals surface area contributed by atoms with Gasteiger partial charge in [0, 0.05) is 24.2 Å². The molecule has 0 radical (unpaired) electrons. The van der Waals surface area contributed by atoms with Gasteiger partial charge in [0.15, 0.2) is 0 Å². The Labute approximate surface area is 177 Å². The molecule has 30 heavy (non-hydrogen) atoms. The van der Waals surface area contributed by atoms with Gasteiger partial charge < -0.3 is 9.84 Å². The van der Waals surface area contributed by atoms with Gasteiger partial charge in [-0.2, -0.15) is 0 Å². The summed E-state index contributed by atoms with van der Waals surface area (Å²) < 4.78 is 6.65. The van der Waals surface area contributed by atoms with Gasteiger partial charge in [0.05, 0.1) is 18.2 Å². The Morgan fingerprint density at radius 3 is 2.83 bits per heavy atom. The number of hydrogen-bond acceptors (Lipinski definition) is 4. The number of pyridine rings is 1. The van der Waals surface area contributed by atoms with Crippen LogP contribution in [0.15, 0.2) is 73.4 Å². The second-order valence-corrected chi connectivity index (χ2v) is 8.57. The van der Waals surface area contributed by atoms with E-state index in [4.69, 9.17) is 4.74 Å². The molecule has 154 valence electrons. The molecule has 3 saturated heterocycles. The fourth-order valence-electron chi connectivity index (χ4n) is 5.26. The summed E-state index contributed by atoms with van der Waals surface area (Å²) in [6.45, 7) is 6.79. The minimum absolute atomic E-state index is 0.0777. The average molecular weight is 401 g/mol. The lowest BCUT2D eigenvalue weighted by molar-refractivity contribution is -0.0803. The molecule has 3 fully saturated rings. The van der Waals surface area contributed by atoms with Crippen LogP contribution in [-0.4, -0.2) is 34.1 Å². The van der Waals surface area contributed by atoms with Crippen molar-refractivity contribution in [1.82, 2.24) is 9.88 Å². The largest absolute Gasteiger partial charge is 0.508 e. The molecule has 2 aromatic carbocycles. The molecule has 4 heteroatoms. The molecule has 0 saturated carbocycles. The molecule has 3 aromatic rings. The second kappa shape index (κ2) is 8.21. The van der Waals surface area contributed by atoms with Crippen LogP contribution in [0.5, 0.6) is 5.75 Å². The molecule has 6 rings (SSSR count). The molecule has 3 aliphatic rings. The van der Waals surface area contributed by atoms with Crippen LogP contribution in [0.25, 0.3) is 10.9 Å². The van der Waals surface area contributed by atoms with Crippen molar-refractivity contribution < 1.29 is 9.84 Å². The predicted molar refractivity (Wildman–Crippen MR) is 119 cm³/mol. The Morgan fingerprint density at radius 2 is 2.07 bits per heavy atom. The zero-order valence-corrected chi connectivity index (χ0v) is 17.2. The van der Waals surface area contributed by atoms with Crippen molar-refractivity contribution in [2.24, 2.45) is 11.8 Å². The van der Waals surface area contributed by atoms with Gasteiger partial charge in [-0.15, -0.1) is 6.58 Å². The summed E-state index contributed by atoms with van der Waals surface area (Å²) in [6.07, 6.45) is 6.25. The normalized spacial score (nSPS) is 26.5. The SMILES string of the molecule is C=C[C@@H]1CN2CC[C@@H]1C[C@@H]2[C@@H](OCc1ccccc1)c1ccnc2ccc(O)cc12. The third-order valence-electron chi connectivity index (χ3n) is 6.84. The van der Waals surface area contributed by atoms with E-state index in [0.29, 0.717) is 24.5 Å². The van der Waals surface area contributed by atoms with E-state index < -0.39 is 0 Å². The van der Waals surface area contributed by atoms with Crippen molar-refractivity contribution in [3.8, 4) is 5.75 Å². The van der Waals surface area contributed by atoms with E-state index in [2.05, 4.69) is 40.7 Å². The number of fused-ring (bicyclic) bond motifs is 4. The maximum atomic E-state index is 10.1. The van der Waals surface area contributed by atoms with E-state index in [9.17, 15) is 5.11 Å². The monoisotopic (exact) mass is 400 g/mol. The Balaban J connectivity index is 1.52. The number of piperidine rings is 3. The summed E-state index contributed by atoms with van der Waals surface area (Å²) in [5, 5.41) is 11.1. The van der Waals surface area contributed by atoms with Gasteiger partial charge in [-0.05, 0) is 66.6 Å². The molecule has 2 bridgehead atoms. The van der Waals surface area contributed by atoms with Crippen molar-refractivity contribution in [3.63, 3.8) is 0 Å². The lowest BCUT2D eigenvalue weighted by Crippen LogP contribution is -2.55. The van der Waals surface area contributed by atoms with Crippen LogP contribution >= 0.6 is 0 Å². The highest BCUT2D eigenvalue weighted by Crippen LogP contribution is 2.43. The van der Waals surface area contributed by atoms with Crippen LogP contribution < -0.4 is 0 Å². The number of rotatable bonds is 6. The molecule has 3 aliphatic heterocycles. The molecule has 5 atom stereocenters. The van der Waals surface area contributed by atoms with Gasteiger partial charge >= 0.3 is 0 Å². The number of benzene rings is 2. The lowest BCUT2D eigenvalue weighted by Gasteiger charge is -2.51. The standard InChI is InChI=1S/C26H28N2O2/c1-2-19-16-28-13-11-20(19)14-25(28)26(30-17-18-6-4-3-5-7-18)22-10-12-27-24-9-8-21(29)15-23(22)24/h2-10,12,15,19-20,25-26,29H,1,11,13-14,16-17H2/t19-,20-,25-,26+/m1/s1. The summed E-state index contributed by atoms with van der Waals surface area (Å²) in [4.78, 5) is 7.09. The topological polar surface area (TPSA) is 45.6 Å². The fourth-order valence-corrected chi connectivity index (χ4v) is 5.26. The van der Waals surface area contributed by atoms with E-state index in [1.807, 2.05) is 36.5 Å². The fraction of sp³-hybridized carbons (Fsp3) is 0.346. The lowest BCUT2D eigenvalue weighted by atomic mass is 9.73. The van der Waals surface area contributed by atoms with E-state index >= 15 is 0 Å². The van der Waals surface area contributed by atoms with Gasteiger partial charge in [0.2, 0.25) is 0 Å². The first kappa shape index (κ1) is 19.3. The highest BCUT2D eigenvalue weighted by atomic mass is 16.5. The number of aromatic nitrogens is 1. The zero-order chi connectivity index (χ0) is 20.5. The van der Waals surface area contributed by atoms with Gasteiger partial charge in [0.25, 0.3) is 0 Å². The number of phenolic OH excluding ortho intramolecular Hbond substituents is 1. The maximum Gasteiger partial charge on any atom is 0.116 e. The number of aromatic hydroxyl groups is 1. The molecule has 0 aliphatic carbocycles. The van der Waals surface area contributed by atoms with Crippen molar-refractivity contribution in [3.05, 3.63) is 84.6 Å². The van der Waals surface area contributed by atoms with Crippen LogP contribution in [0.2, 0.25) is 0 Å². The summed E-state index contributed by atoms with van der Waals surface area (Å²) in [6, 6.07) is 18.1. The highest BCUT2D eigenvalue weighted by molar-refractivity contribution is 5.83. The predicted octanol–water partition coefficient (Wildman–Crippen LogP) is 5.09. The molecule has 0 amide bonds. The van der Waals surface area contributed by atoms with Crippen LogP contribution in [0, 0.1) is 11.8 Å². The highest BCUT2D eigenvalue weighted by Gasteiger charge is 2.43. The molecule has 0 spiro atoms. The summed E-state index contributed by atoms with van der Waals surface area (Å²) in [5.74, 6) is 1.50. The molecular formula is C26H28N2O2. The molecule has 1 aromatic heterocycles. The zero-order valence-electron chi connectivity index (χ0n) is 17.2. The van der Waals surface area contributed by atoms with Gasteiger partial charge in [-0.25, -0.2) is 0 Å². The van der Waals surface area contributed by atoms with E-state index in [1.54, 1.807) is 6.07 Å². The van der Waals surface area contributed by atoms with Crippen LogP contribution in [0.4, 0.5) is 0 Å². The Bertz CT molecular complexity index is 1040.